The van der Waals surface area contributed by atoms with Gasteiger partial charge in [0.2, 0.25) is 0 Å². The molecule has 0 saturated carbocycles. The minimum absolute atomic E-state index is 0.00396. The van der Waals surface area contributed by atoms with Crippen molar-refractivity contribution in [3.63, 3.8) is 0 Å². The first-order chi connectivity index (χ1) is 14.0. The molecule has 3 heterocycles. The van der Waals surface area contributed by atoms with Crippen molar-refractivity contribution in [1.29, 1.82) is 0 Å². The Kier molecular flexibility index (Phi) is 4.97. The average molecular weight is 417 g/mol. The SMILES string of the molecule is CCn1nnc2c(N3CCN(C(=O)c4ccc(Cl)c([N+](=O)[O-])c4)CC3)ncnc21. The minimum atomic E-state index is -0.596. The van der Waals surface area contributed by atoms with Crippen molar-refractivity contribution in [2.45, 2.75) is 13.5 Å². The lowest BCUT2D eigenvalue weighted by Crippen LogP contribution is -2.49. The van der Waals surface area contributed by atoms with Gasteiger partial charge >= 0.3 is 0 Å². The summed E-state index contributed by atoms with van der Waals surface area (Å²) in [4.78, 5) is 35.5. The summed E-state index contributed by atoms with van der Waals surface area (Å²) in [6.45, 7) is 4.61. The van der Waals surface area contributed by atoms with Crippen molar-refractivity contribution in [1.82, 2.24) is 29.9 Å². The van der Waals surface area contributed by atoms with E-state index in [1.54, 1.807) is 9.58 Å². The van der Waals surface area contributed by atoms with Crippen LogP contribution in [0.4, 0.5) is 11.5 Å². The molecule has 1 fully saturated rings. The number of amides is 1. The number of fused-ring (bicyclic) bond motifs is 1. The molecular formula is C17H17ClN8O3. The van der Waals surface area contributed by atoms with Crippen LogP contribution in [0.1, 0.15) is 17.3 Å². The molecule has 0 spiro atoms. The maximum Gasteiger partial charge on any atom is 0.288 e. The molecule has 0 atom stereocenters. The smallest absolute Gasteiger partial charge is 0.288 e. The van der Waals surface area contributed by atoms with Crippen LogP contribution in [0.3, 0.4) is 0 Å². The molecule has 1 aliphatic rings. The van der Waals surface area contributed by atoms with Crippen LogP contribution >= 0.6 is 11.6 Å². The van der Waals surface area contributed by atoms with Crippen molar-refractivity contribution < 1.29 is 9.72 Å². The number of halogens is 1. The molecule has 12 heteroatoms. The van der Waals surface area contributed by atoms with E-state index in [0.29, 0.717) is 49.7 Å². The van der Waals surface area contributed by atoms with E-state index in [1.807, 2.05) is 11.8 Å². The molecule has 0 bridgehead atoms. The molecule has 0 aliphatic carbocycles. The molecule has 11 nitrogen and oxygen atoms in total. The van der Waals surface area contributed by atoms with Crippen LogP contribution in [-0.2, 0) is 6.54 Å². The zero-order valence-corrected chi connectivity index (χ0v) is 16.3. The van der Waals surface area contributed by atoms with Gasteiger partial charge in [-0.3, -0.25) is 14.9 Å². The molecule has 29 heavy (non-hydrogen) atoms. The van der Waals surface area contributed by atoms with Gasteiger partial charge < -0.3 is 9.80 Å². The van der Waals surface area contributed by atoms with E-state index in [0.717, 1.165) is 0 Å². The number of nitro benzene ring substituents is 1. The molecule has 0 N–H and O–H groups in total. The molecular weight excluding hydrogens is 400 g/mol. The van der Waals surface area contributed by atoms with Crippen molar-refractivity contribution >= 4 is 40.2 Å². The fourth-order valence-corrected chi connectivity index (χ4v) is 3.50. The van der Waals surface area contributed by atoms with Gasteiger partial charge in [0.15, 0.2) is 17.0 Å². The number of carbonyl (C=O) groups is 1. The number of nitro groups is 1. The number of rotatable bonds is 4. The van der Waals surface area contributed by atoms with E-state index in [2.05, 4.69) is 20.3 Å². The van der Waals surface area contributed by atoms with Crippen LogP contribution in [0.2, 0.25) is 5.02 Å². The molecule has 1 aromatic carbocycles. The first kappa shape index (κ1) is 19.0. The van der Waals surface area contributed by atoms with E-state index < -0.39 is 4.92 Å². The molecule has 0 unspecified atom stereocenters. The van der Waals surface area contributed by atoms with Crippen LogP contribution in [-0.4, -0.2) is 66.9 Å². The first-order valence-electron chi connectivity index (χ1n) is 9.02. The van der Waals surface area contributed by atoms with Crippen molar-refractivity contribution in [3.8, 4) is 0 Å². The van der Waals surface area contributed by atoms with Gasteiger partial charge in [0.25, 0.3) is 11.6 Å². The fourth-order valence-electron chi connectivity index (χ4n) is 3.31. The average Bonchev–Trinajstić information content (AvgIpc) is 3.17. The predicted molar refractivity (Wildman–Crippen MR) is 105 cm³/mol. The summed E-state index contributed by atoms with van der Waals surface area (Å²) >= 11 is 5.83. The van der Waals surface area contributed by atoms with Crippen LogP contribution in [0.5, 0.6) is 0 Å². The number of aryl methyl sites for hydroxylation is 1. The van der Waals surface area contributed by atoms with Crippen molar-refractivity contribution in [2.75, 3.05) is 31.1 Å². The Balaban J connectivity index is 1.50. The highest BCUT2D eigenvalue weighted by Gasteiger charge is 2.26. The third kappa shape index (κ3) is 3.44. The Bertz CT molecular complexity index is 1090. The number of hydrogen-bond acceptors (Lipinski definition) is 8. The Morgan fingerprint density at radius 1 is 1.24 bits per heavy atom. The number of benzene rings is 1. The van der Waals surface area contributed by atoms with Crippen LogP contribution in [0.25, 0.3) is 11.2 Å². The second kappa shape index (κ2) is 7.59. The normalized spacial score (nSPS) is 14.4. The largest absolute Gasteiger partial charge is 0.351 e. The lowest BCUT2D eigenvalue weighted by atomic mass is 10.1. The summed E-state index contributed by atoms with van der Waals surface area (Å²) in [6, 6.07) is 4.09. The third-order valence-corrected chi connectivity index (χ3v) is 5.16. The molecule has 1 aliphatic heterocycles. The first-order valence-corrected chi connectivity index (χ1v) is 9.39. The Labute approximate surface area is 170 Å². The molecule has 2 aromatic heterocycles. The lowest BCUT2D eigenvalue weighted by Gasteiger charge is -2.35. The van der Waals surface area contributed by atoms with Crippen molar-refractivity contribution in [2.24, 2.45) is 0 Å². The molecule has 1 saturated heterocycles. The molecule has 150 valence electrons. The number of hydrogen-bond donors (Lipinski definition) is 0. The van der Waals surface area contributed by atoms with Gasteiger partial charge in [0.05, 0.1) is 4.92 Å². The number of nitrogens with zero attached hydrogens (tertiary/aromatic N) is 8. The summed E-state index contributed by atoms with van der Waals surface area (Å²) in [5.74, 6) is 0.415. The summed E-state index contributed by atoms with van der Waals surface area (Å²) in [7, 11) is 0. The third-order valence-electron chi connectivity index (χ3n) is 4.84. The highest BCUT2D eigenvalue weighted by Crippen LogP contribution is 2.26. The minimum Gasteiger partial charge on any atom is -0.351 e. The van der Waals surface area contributed by atoms with Crippen molar-refractivity contribution in [3.05, 3.63) is 45.2 Å². The zero-order valence-electron chi connectivity index (χ0n) is 15.5. The summed E-state index contributed by atoms with van der Waals surface area (Å²) in [6.07, 6.45) is 1.48. The topological polar surface area (TPSA) is 123 Å². The maximum atomic E-state index is 12.8. The standard InChI is InChI=1S/C17H17ClN8O3/c1-2-25-16-14(21-22-25)15(19-10-20-16)23-5-7-24(8-6-23)17(27)11-3-4-12(18)13(9-11)26(28)29/h3-4,9-10H,2,5-8H2,1H3. The highest BCUT2D eigenvalue weighted by atomic mass is 35.5. The van der Waals surface area contributed by atoms with Gasteiger partial charge in [-0.15, -0.1) is 5.10 Å². The van der Waals surface area contributed by atoms with E-state index in [1.165, 1.54) is 24.5 Å². The second-order valence-corrected chi connectivity index (χ2v) is 6.88. The Hall–Kier alpha value is -3.34. The summed E-state index contributed by atoms with van der Waals surface area (Å²) in [5, 5.41) is 19.4. The Morgan fingerprint density at radius 3 is 2.69 bits per heavy atom. The van der Waals surface area contributed by atoms with Crippen LogP contribution < -0.4 is 4.90 Å². The zero-order chi connectivity index (χ0) is 20.5. The fraction of sp³-hybridized carbons (Fsp3) is 0.353. The quantitative estimate of drug-likeness (QED) is 0.465. The number of carbonyl (C=O) groups excluding carboxylic acids is 1. The number of piperazine rings is 1. The number of aromatic nitrogens is 5. The molecule has 4 rings (SSSR count). The van der Waals surface area contributed by atoms with E-state index in [4.69, 9.17) is 11.6 Å². The summed E-state index contributed by atoms with van der Waals surface area (Å²) < 4.78 is 1.70. The lowest BCUT2D eigenvalue weighted by molar-refractivity contribution is -0.384. The monoisotopic (exact) mass is 416 g/mol. The Morgan fingerprint density at radius 2 is 2.00 bits per heavy atom. The van der Waals surface area contributed by atoms with E-state index in [-0.39, 0.29) is 22.2 Å². The van der Waals surface area contributed by atoms with Gasteiger partial charge in [-0.25, -0.2) is 14.6 Å². The van der Waals surface area contributed by atoms with E-state index in [9.17, 15) is 14.9 Å². The molecule has 0 radical (unpaired) electrons. The molecule has 1 amide bonds. The van der Waals surface area contributed by atoms with Crippen LogP contribution in [0, 0.1) is 10.1 Å². The van der Waals surface area contributed by atoms with Gasteiger partial charge in [0.1, 0.15) is 11.3 Å². The van der Waals surface area contributed by atoms with Crippen LogP contribution in [0.15, 0.2) is 24.5 Å². The second-order valence-electron chi connectivity index (χ2n) is 6.48. The molecule has 3 aromatic rings. The van der Waals surface area contributed by atoms with Gasteiger partial charge in [0, 0.05) is 44.4 Å². The number of anilines is 1. The van der Waals surface area contributed by atoms with Gasteiger partial charge in [-0.05, 0) is 19.1 Å². The highest BCUT2D eigenvalue weighted by molar-refractivity contribution is 6.32. The van der Waals surface area contributed by atoms with Gasteiger partial charge in [-0.1, -0.05) is 16.8 Å². The van der Waals surface area contributed by atoms with E-state index >= 15 is 0 Å². The predicted octanol–water partition coefficient (Wildman–Crippen LogP) is 1.77. The maximum absolute atomic E-state index is 12.8. The summed E-state index contributed by atoms with van der Waals surface area (Å²) in [5.41, 5.74) is 1.26. The van der Waals surface area contributed by atoms with Gasteiger partial charge in [-0.2, -0.15) is 0 Å².